The first-order valence-electron chi connectivity index (χ1n) is 9.00. The van der Waals surface area contributed by atoms with E-state index in [9.17, 15) is 0 Å². The lowest BCUT2D eigenvalue weighted by molar-refractivity contribution is 0.245. The molecule has 1 saturated heterocycles. The van der Waals surface area contributed by atoms with Crippen molar-refractivity contribution in [3.63, 3.8) is 0 Å². The summed E-state index contributed by atoms with van der Waals surface area (Å²) < 4.78 is 6.95. The van der Waals surface area contributed by atoms with Gasteiger partial charge in [0.05, 0.1) is 8.32 Å². The standard InChI is InChI=1S/C21H29NOSi/c1-21(2,3)24(19-10-6-4-7-11-19,20-12-8-5-9-13-20)23-17-18-14-15-22-16-18/h4-13,18,22H,14-17H2,1-3H3/q-1/t18-/m1/s1. The van der Waals surface area contributed by atoms with E-state index in [-0.39, 0.29) is 5.04 Å². The van der Waals surface area contributed by atoms with Crippen molar-refractivity contribution in [2.24, 2.45) is 5.92 Å². The Balaban J connectivity index is 2.06. The van der Waals surface area contributed by atoms with Crippen LogP contribution in [0.3, 0.4) is 0 Å². The van der Waals surface area contributed by atoms with Crippen LogP contribution in [0.15, 0.2) is 60.7 Å². The number of nitrogens with one attached hydrogen (secondary N) is 1. The summed E-state index contributed by atoms with van der Waals surface area (Å²) >= 11 is 0. The number of hydrogen-bond acceptors (Lipinski definition) is 2. The van der Waals surface area contributed by atoms with E-state index in [0.717, 1.165) is 19.7 Å². The molecule has 2 nitrogen and oxygen atoms in total. The Labute approximate surface area is 147 Å². The third-order valence-corrected chi connectivity index (χ3v) is 10.1. The van der Waals surface area contributed by atoms with Gasteiger partial charge in [0.2, 0.25) is 0 Å². The molecular formula is C21H29NOSi-. The molecule has 1 heterocycles. The van der Waals surface area contributed by atoms with Gasteiger partial charge in [0.15, 0.2) is 0 Å². The van der Waals surface area contributed by atoms with E-state index in [4.69, 9.17) is 4.43 Å². The van der Waals surface area contributed by atoms with Gasteiger partial charge >= 0.3 is 0 Å². The molecule has 0 aromatic heterocycles. The fourth-order valence-electron chi connectivity index (χ4n) is 3.86. The first-order valence-corrected chi connectivity index (χ1v) is 10.9. The first kappa shape index (κ1) is 17.4. The van der Waals surface area contributed by atoms with E-state index < -0.39 is 8.32 Å². The van der Waals surface area contributed by atoms with Crippen molar-refractivity contribution >= 4 is 18.7 Å². The second-order valence-corrected chi connectivity index (χ2v) is 12.1. The molecule has 0 saturated carbocycles. The SMILES string of the molecule is CC(C)(C)[Si-](OC[C@@H]1CCNC1)(c1ccccc1)c1ccccc1. The molecule has 24 heavy (non-hydrogen) atoms. The molecule has 1 aliphatic rings. The third kappa shape index (κ3) is 3.34. The highest BCUT2D eigenvalue weighted by atomic mass is 28.4. The van der Waals surface area contributed by atoms with Gasteiger partial charge in [-0.15, -0.1) is 5.04 Å². The molecule has 3 rings (SSSR count). The minimum Gasteiger partial charge on any atom is -0.558 e. The molecule has 2 aromatic carbocycles. The molecule has 2 aromatic rings. The van der Waals surface area contributed by atoms with Crippen molar-refractivity contribution in [3.8, 4) is 0 Å². The van der Waals surface area contributed by atoms with Crippen LogP contribution in [0.1, 0.15) is 27.2 Å². The zero-order chi connectivity index (χ0) is 17.0. The summed E-state index contributed by atoms with van der Waals surface area (Å²) in [6.45, 7) is 10.1. The highest BCUT2D eigenvalue weighted by Gasteiger charge is 2.37. The molecule has 0 unspecified atom stereocenters. The molecule has 0 radical (unpaired) electrons. The summed E-state index contributed by atoms with van der Waals surface area (Å²) in [5.41, 5.74) is 0. The monoisotopic (exact) mass is 339 g/mol. The van der Waals surface area contributed by atoms with E-state index in [1.165, 1.54) is 16.8 Å². The van der Waals surface area contributed by atoms with Crippen LogP contribution in [0.25, 0.3) is 0 Å². The summed E-state index contributed by atoms with van der Waals surface area (Å²) in [6, 6.07) is 21.8. The molecule has 3 heteroatoms. The Morgan fingerprint density at radius 1 is 0.958 bits per heavy atom. The fraction of sp³-hybridized carbons (Fsp3) is 0.429. The van der Waals surface area contributed by atoms with Gasteiger partial charge in [0.1, 0.15) is 0 Å². The molecular weight excluding hydrogens is 310 g/mol. The van der Waals surface area contributed by atoms with Crippen molar-refractivity contribution in [2.45, 2.75) is 32.2 Å². The highest BCUT2D eigenvalue weighted by molar-refractivity contribution is 6.99. The maximum Gasteiger partial charge on any atom is 0.0509 e. The molecule has 1 N–H and O–H groups in total. The first-order chi connectivity index (χ1) is 11.5. The third-order valence-electron chi connectivity index (χ3n) is 5.11. The molecule has 1 aliphatic heterocycles. The lowest BCUT2D eigenvalue weighted by atomic mass is 10.1. The topological polar surface area (TPSA) is 21.3 Å². The van der Waals surface area contributed by atoms with Gasteiger partial charge in [0.25, 0.3) is 0 Å². The van der Waals surface area contributed by atoms with E-state index in [2.05, 4.69) is 86.8 Å². The average Bonchev–Trinajstić information content (AvgIpc) is 3.10. The summed E-state index contributed by atoms with van der Waals surface area (Å²) in [5, 5.41) is 6.27. The van der Waals surface area contributed by atoms with Gasteiger partial charge in [-0.1, -0.05) is 81.4 Å². The van der Waals surface area contributed by atoms with E-state index in [1.54, 1.807) is 0 Å². The largest absolute Gasteiger partial charge is 0.558 e. The van der Waals surface area contributed by atoms with E-state index >= 15 is 0 Å². The smallest absolute Gasteiger partial charge is 0.0509 e. The Bertz CT molecular complexity index is 590. The number of rotatable bonds is 5. The van der Waals surface area contributed by atoms with Gasteiger partial charge in [-0.3, -0.25) is 0 Å². The minimum atomic E-state index is -2.34. The summed E-state index contributed by atoms with van der Waals surface area (Å²) in [5.74, 6) is 0.631. The zero-order valence-electron chi connectivity index (χ0n) is 15.1. The highest BCUT2D eigenvalue weighted by Crippen LogP contribution is 2.37. The van der Waals surface area contributed by atoms with Crippen molar-refractivity contribution in [1.29, 1.82) is 0 Å². The lowest BCUT2D eigenvalue weighted by Crippen LogP contribution is -2.66. The van der Waals surface area contributed by atoms with Crippen LogP contribution in [0.4, 0.5) is 0 Å². The second-order valence-electron chi connectivity index (χ2n) is 7.83. The normalized spacial score (nSPS) is 18.7. The van der Waals surface area contributed by atoms with Crippen molar-refractivity contribution < 1.29 is 4.43 Å². The molecule has 0 amide bonds. The van der Waals surface area contributed by atoms with Gasteiger partial charge in [-0.05, 0) is 18.9 Å². The summed E-state index contributed by atoms with van der Waals surface area (Å²) in [6.07, 6.45) is 1.22. The van der Waals surface area contributed by atoms with Crippen molar-refractivity contribution in [1.82, 2.24) is 5.32 Å². The number of benzene rings is 2. The van der Waals surface area contributed by atoms with Gasteiger partial charge in [0, 0.05) is 13.2 Å². The average molecular weight is 340 g/mol. The summed E-state index contributed by atoms with van der Waals surface area (Å²) in [4.78, 5) is 0. The molecule has 1 atom stereocenters. The van der Waals surface area contributed by atoms with Crippen LogP contribution in [0, 0.1) is 5.92 Å². The van der Waals surface area contributed by atoms with Crippen LogP contribution in [0.5, 0.6) is 0 Å². The minimum absolute atomic E-state index is 0.0712. The Kier molecular flexibility index (Phi) is 5.23. The Morgan fingerprint density at radius 2 is 1.50 bits per heavy atom. The van der Waals surface area contributed by atoms with Crippen LogP contribution in [-0.4, -0.2) is 28.0 Å². The molecule has 129 valence electrons. The molecule has 0 spiro atoms. The van der Waals surface area contributed by atoms with Gasteiger partial charge < -0.3 is 9.74 Å². The second kappa shape index (κ2) is 7.22. The summed E-state index contributed by atoms with van der Waals surface area (Å²) in [7, 11) is -2.34. The fourth-order valence-corrected chi connectivity index (χ4v) is 8.50. The maximum absolute atomic E-state index is 6.95. The molecule has 1 fully saturated rings. The quantitative estimate of drug-likeness (QED) is 0.845. The molecule has 0 aliphatic carbocycles. The number of hydrogen-bond donors (Lipinski definition) is 1. The predicted octanol–water partition coefficient (Wildman–Crippen LogP) is 3.17. The van der Waals surface area contributed by atoms with Gasteiger partial charge in [-0.2, -0.15) is 10.4 Å². The zero-order valence-corrected chi connectivity index (χ0v) is 16.1. The van der Waals surface area contributed by atoms with E-state index in [0.29, 0.717) is 5.92 Å². The maximum atomic E-state index is 6.95. The predicted molar refractivity (Wildman–Crippen MR) is 105 cm³/mol. The van der Waals surface area contributed by atoms with Crippen LogP contribution >= 0.6 is 0 Å². The Hall–Kier alpha value is -1.42. The van der Waals surface area contributed by atoms with Crippen molar-refractivity contribution in [3.05, 3.63) is 60.7 Å². The lowest BCUT2D eigenvalue weighted by Gasteiger charge is -2.56. The van der Waals surface area contributed by atoms with Crippen LogP contribution in [-0.2, 0) is 4.43 Å². The van der Waals surface area contributed by atoms with Crippen LogP contribution in [0.2, 0.25) is 5.04 Å². The van der Waals surface area contributed by atoms with E-state index in [1.807, 2.05) is 0 Å². The van der Waals surface area contributed by atoms with Gasteiger partial charge in [-0.25, -0.2) is 0 Å². The van der Waals surface area contributed by atoms with Crippen molar-refractivity contribution in [2.75, 3.05) is 19.7 Å². The van der Waals surface area contributed by atoms with Crippen LogP contribution < -0.4 is 15.7 Å². The molecule has 0 bridgehead atoms. The Morgan fingerprint density at radius 3 is 1.92 bits per heavy atom.